The van der Waals surface area contributed by atoms with E-state index in [1.807, 2.05) is 0 Å². The van der Waals surface area contributed by atoms with Crippen LogP contribution < -0.4 is 5.32 Å². The highest BCUT2D eigenvalue weighted by Crippen LogP contribution is 2.28. The molecule has 0 spiro atoms. The maximum absolute atomic E-state index is 12.2. The summed E-state index contributed by atoms with van der Waals surface area (Å²) in [4.78, 5) is 47.1. The summed E-state index contributed by atoms with van der Waals surface area (Å²) < 4.78 is 10.1. The van der Waals surface area contributed by atoms with E-state index < -0.39 is 30.4 Å². The zero-order valence-corrected chi connectivity index (χ0v) is 15.1. The number of methoxy groups -OCH3 is 1. The summed E-state index contributed by atoms with van der Waals surface area (Å²) in [5, 5.41) is 11.4. The monoisotopic (exact) mass is 404 g/mol. The first kappa shape index (κ1) is 19.2. The number of carbonyl (C=O) groups is 4. The fraction of sp³-hybridized carbons (Fsp3) is 0.111. The second kappa shape index (κ2) is 7.57. The third-order valence-electron chi connectivity index (χ3n) is 3.87. The van der Waals surface area contributed by atoms with Gasteiger partial charge in [0.05, 0.1) is 17.7 Å². The molecule has 1 aliphatic heterocycles. The topological polar surface area (TPSA) is 126 Å². The number of carbonyl (C=O) groups excluding carboxylic acids is 3. The van der Waals surface area contributed by atoms with Crippen molar-refractivity contribution in [2.75, 3.05) is 13.7 Å². The lowest BCUT2D eigenvalue weighted by Crippen LogP contribution is -2.36. The fourth-order valence-corrected chi connectivity index (χ4v) is 2.74. The van der Waals surface area contributed by atoms with Crippen molar-refractivity contribution in [2.24, 2.45) is 0 Å². The Bertz CT molecular complexity index is 1020. The molecule has 3 amide bonds. The van der Waals surface area contributed by atoms with Gasteiger partial charge in [-0.3, -0.25) is 9.59 Å². The van der Waals surface area contributed by atoms with Crippen LogP contribution in [0.4, 0.5) is 4.79 Å². The highest BCUT2D eigenvalue weighted by Gasteiger charge is 2.35. The molecule has 144 valence electrons. The Balaban J connectivity index is 1.82. The highest BCUT2D eigenvalue weighted by molar-refractivity contribution is 6.33. The van der Waals surface area contributed by atoms with Gasteiger partial charge in [-0.1, -0.05) is 17.7 Å². The number of rotatable bonds is 5. The third-order valence-corrected chi connectivity index (χ3v) is 4.19. The molecule has 0 aliphatic carbocycles. The minimum Gasteiger partial charge on any atom is -0.478 e. The van der Waals surface area contributed by atoms with Gasteiger partial charge in [-0.25, -0.2) is 14.5 Å². The Hall–Kier alpha value is -3.59. The molecule has 1 aromatic heterocycles. The number of carboxylic acids is 1. The van der Waals surface area contributed by atoms with E-state index in [2.05, 4.69) is 10.1 Å². The van der Waals surface area contributed by atoms with Gasteiger partial charge < -0.3 is 19.6 Å². The molecular formula is C18H13ClN2O7. The molecule has 0 atom stereocenters. The van der Waals surface area contributed by atoms with Gasteiger partial charge in [-0.15, -0.1) is 0 Å². The van der Waals surface area contributed by atoms with E-state index in [1.54, 1.807) is 12.1 Å². The van der Waals surface area contributed by atoms with Crippen LogP contribution in [-0.4, -0.2) is 47.5 Å². The molecule has 1 saturated heterocycles. The number of hydrogen-bond acceptors (Lipinski definition) is 6. The van der Waals surface area contributed by atoms with Crippen molar-refractivity contribution in [2.45, 2.75) is 0 Å². The van der Waals surface area contributed by atoms with E-state index >= 15 is 0 Å². The number of nitrogens with one attached hydrogen (secondary N) is 1. The lowest BCUT2D eigenvalue weighted by atomic mass is 10.1. The fourth-order valence-electron chi connectivity index (χ4n) is 2.48. The molecule has 0 saturated carbocycles. The molecule has 2 heterocycles. The van der Waals surface area contributed by atoms with E-state index in [0.29, 0.717) is 16.2 Å². The van der Waals surface area contributed by atoms with E-state index in [9.17, 15) is 19.2 Å². The summed E-state index contributed by atoms with van der Waals surface area (Å²) in [7, 11) is 1.15. The van der Waals surface area contributed by atoms with Crippen LogP contribution in [0.1, 0.15) is 16.1 Å². The third kappa shape index (κ3) is 3.74. The number of esters is 1. The SMILES string of the molecule is COC(=O)CN1C(=O)N/C(=C/c2ccc(-c3ccc(C(=O)O)c(Cl)c3)o2)C1=O. The Kier molecular flexibility index (Phi) is 5.18. The van der Waals surface area contributed by atoms with Crippen molar-refractivity contribution >= 4 is 41.6 Å². The number of aromatic carboxylic acids is 1. The van der Waals surface area contributed by atoms with Crippen LogP contribution in [0.5, 0.6) is 0 Å². The molecule has 1 fully saturated rings. The standard InChI is InChI=1S/C18H13ClN2O7/c1-27-15(22)8-21-16(23)13(20-18(21)26)7-10-3-5-14(28-10)9-2-4-11(17(24)25)12(19)6-9/h2-7H,8H2,1H3,(H,20,26)(H,24,25)/b13-7+. The quantitative estimate of drug-likeness (QED) is 0.445. The minimum absolute atomic E-state index is 0.0377. The van der Waals surface area contributed by atoms with Gasteiger partial charge in [0.25, 0.3) is 5.91 Å². The number of amides is 3. The van der Waals surface area contributed by atoms with Gasteiger partial charge in [0, 0.05) is 11.6 Å². The van der Waals surface area contributed by atoms with Crippen molar-refractivity contribution < 1.29 is 33.4 Å². The number of halogens is 1. The second-order valence-electron chi connectivity index (χ2n) is 5.66. The van der Waals surface area contributed by atoms with Crippen molar-refractivity contribution in [3.8, 4) is 11.3 Å². The average molecular weight is 405 g/mol. The molecule has 9 nitrogen and oxygen atoms in total. The van der Waals surface area contributed by atoms with Gasteiger partial charge in [0.1, 0.15) is 23.8 Å². The van der Waals surface area contributed by atoms with Crippen LogP contribution in [0, 0.1) is 0 Å². The number of furan rings is 1. The molecule has 0 radical (unpaired) electrons. The molecular weight excluding hydrogens is 392 g/mol. The van der Waals surface area contributed by atoms with E-state index in [-0.39, 0.29) is 22.0 Å². The van der Waals surface area contributed by atoms with Gasteiger partial charge in [-0.05, 0) is 24.3 Å². The lowest BCUT2D eigenvalue weighted by Gasteiger charge is -2.08. The highest BCUT2D eigenvalue weighted by atomic mass is 35.5. The molecule has 0 unspecified atom stereocenters. The Morgan fingerprint density at radius 1 is 1.29 bits per heavy atom. The molecule has 2 aromatic rings. The summed E-state index contributed by atoms with van der Waals surface area (Å²) in [6.07, 6.45) is 1.31. The number of carboxylic acid groups (broad SMARTS) is 1. The molecule has 3 rings (SSSR count). The van der Waals surface area contributed by atoms with Crippen LogP contribution >= 0.6 is 11.6 Å². The first-order valence-corrected chi connectivity index (χ1v) is 8.22. The molecule has 0 bridgehead atoms. The zero-order chi connectivity index (χ0) is 20.4. The molecule has 10 heteroatoms. The van der Waals surface area contributed by atoms with Gasteiger partial charge in [-0.2, -0.15) is 0 Å². The maximum Gasteiger partial charge on any atom is 0.337 e. The molecule has 28 heavy (non-hydrogen) atoms. The second-order valence-corrected chi connectivity index (χ2v) is 6.06. The normalized spacial score (nSPS) is 15.1. The molecule has 1 aliphatic rings. The van der Waals surface area contributed by atoms with Gasteiger partial charge in [0.15, 0.2) is 0 Å². The van der Waals surface area contributed by atoms with E-state index in [0.717, 1.165) is 7.11 Å². The summed E-state index contributed by atoms with van der Waals surface area (Å²) in [5.41, 5.74) is 0.437. The van der Waals surface area contributed by atoms with E-state index in [4.69, 9.17) is 21.1 Å². The summed E-state index contributed by atoms with van der Waals surface area (Å²) in [6.45, 7) is -0.504. The lowest BCUT2D eigenvalue weighted by molar-refractivity contribution is -0.143. The van der Waals surface area contributed by atoms with Crippen molar-refractivity contribution in [3.05, 3.63) is 52.4 Å². The van der Waals surface area contributed by atoms with E-state index in [1.165, 1.54) is 24.3 Å². The summed E-state index contributed by atoms with van der Waals surface area (Å²) in [5.74, 6) is -1.92. The Morgan fingerprint density at radius 3 is 2.68 bits per heavy atom. The summed E-state index contributed by atoms with van der Waals surface area (Å²) >= 11 is 5.95. The van der Waals surface area contributed by atoms with Gasteiger partial charge in [0.2, 0.25) is 0 Å². The first-order chi connectivity index (χ1) is 13.3. The number of benzene rings is 1. The van der Waals surface area contributed by atoms with Crippen LogP contribution in [0.15, 0.2) is 40.4 Å². The minimum atomic E-state index is -1.14. The van der Waals surface area contributed by atoms with Crippen molar-refractivity contribution in [1.29, 1.82) is 0 Å². The van der Waals surface area contributed by atoms with Crippen LogP contribution in [-0.2, 0) is 14.3 Å². The number of urea groups is 1. The van der Waals surface area contributed by atoms with Crippen molar-refractivity contribution in [1.82, 2.24) is 10.2 Å². The largest absolute Gasteiger partial charge is 0.478 e. The van der Waals surface area contributed by atoms with Crippen LogP contribution in [0.25, 0.3) is 17.4 Å². The Morgan fingerprint density at radius 2 is 2.04 bits per heavy atom. The zero-order valence-electron chi connectivity index (χ0n) is 14.4. The molecule has 2 N–H and O–H groups in total. The summed E-state index contributed by atoms with van der Waals surface area (Å²) in [6, 6.07) is 6.75. The van der Waals surface area contributed by atoms with Crippen LogP contribution in [0.3, 0.4) is 0 Å². The smallest absolute Gasteiger partial charge is 0.337 e. The predicted molar refractivity (Wildman–Crippen MR) is 96.4 cm³/mol. The number of hydrogen-bond donors (Lipinski definition) is 2. The maximum atomic E-state index is 12.2. The predicted octanol–water partition coefficient (Wildman–Crippen LogP) is 2.36. The first-order valence-electron chi connectivity index (χ1n) is 7.84. The average Bonchev–Trinajstić information content (AvgIpc) is 3.21. The van der Waals surface area contributed by atoms with Crippen molar-refractivity contribution in [3.63, 3.8) is 0 Å². The number of ether oxygens (including phenoxy) is 1. The number of nitrogens with zero attached hydrogens (tertiary/aromatic N) is 1. The van der Waals surface area contributed by atoms with Gasteiger partial charge >= 0.3 is 18.0 Å². The van der Waals surface area contributed by atoms with Crippen LogP contribution in [0.2, 0.25) is 5.02 Å². The molecule has 1 aromatic carbocycles. The number of imide groups is 1. The Labute approximate surface area is 163 Å².